The highest BCUT2D eigenvalue weighted by atomic mass is 35.5. The highest BCUT2D eigenvalue weighted by molar-refractivity contribution is 6.26. The molecule has 16 nitrogen and oxygen atoms in total. The number of ether oxygens (including phenoxy) is 8. The number of imide groups is 2. The standard InChI is InChI=1S/C39H60ClN3O13/c40-14-5-1-2-6-15-49-17-19-51-21-23-53-25-27-55-29-30-56-28-26-54-24-22-52-20-18-50-16-7-3-4-11-34(44)41-32-10-8-9-31-36(32)39(48)43(38(31)47)33-12-13-35(45)42-37(33)46/h8-10,33H,1-7,11-30H2,(H,41,44)(H,42,45,46). The number of nitrogens with zero attached hydrogens (tertiary/aromatic N) is 1. The lowest BCUT2D eigenvalue weighted by atomic mass is 10.0. The monoisotopic (exact) mass is 813 g/mol. The molecule has 56 heavy (non-hydrogen) atoms. The van der Waals surface area contributed by atoms with E-state index in [1.54, 1.807) is 12.1 Å². The number of anilines is 1. The average Bonchev–Trinajstić information content (AvgIpc) is 3.44. The Labute approximate surface area is 334 Å². The lowest BCUT2D eigenvalue weighted by molar-refractivity contribution is -0.136. The predicted octanol–water partition coefficient (Wildman–Crippen LogP) is 3.52. The number of carbonyl (C=O) groups is 5. The van der Waals surface area contributed by atoms with Crippen molar-refractivity contribution < 1.29 is 61.9 Å². The molecular weight excluding hydrogens is 754 g/mol. The second kappa shape index (κ2) is 30.1. The number of carbonyl (C=O) groups excluding carboxylic acids is 5. The Kier molecular flexibility index (Phi) is 25.4. The van der Waals surface area contributed by atoms with Gasteiger partial charge in [-0.2, -0.15) is 0 Å². The number of benzene rings is 1. The van der Waals surface area contributed by atoms with Gasteiger partial charge in [-0.3, -0.25) is 34.2 Å². The summed E-state index contributed by atoms with van der Waals surface area (Å²) in [7, 11) is 0. The van der Waals surface area contributed by atoms with E-state index in [2.05, 4.69) is 10.6 Å². The fraction of sp³-hybridized carbons (Fsp3) is 0.718. The zero-order valence-corrected chi connectivity index (χ0v) is 33.3. The number of rotatable bonds is 35. The van der Waals surface area contributed by atoms with Gasteiger partial charge in [0.1, 0.15) is 6.04 Å². The van der Waals surface area contributed by atoms with Crippen molar-refractivity contribution in [2.45, 2.75) is 70.3 Å². The first kappa shape index (κ1) is 47.3. The van der Waals surface area contributed by atoms with Crippen LogP contribution in [-0.2, 0) is 52.3 Å². The van der Waals surface area contributed by atoms with Crippen molar-refractivity contribution in [1.29, 1.82) is 0 Å². The summed E-state index contributed by atoms with van der Waals surface area (Å²) in [5.74, 6) is -1.98. The number of hydrogen-bond donors (Lipinski definition) is 2. The Morgan fingerprint density at radius 3 is 1.57 bits per heavy atom. The summed E-state index contributed by atoms with van der Waals surface area (Å²) < 4.78 is 44.1. The molecule has 316 valence electrons. The number of hydrogen-bond acceptors (Lipinski definition) is 13. The van der Waals surface area contributed by atoms with Gasteiger partial charge in [-0.05, 0) is 44.2 Å². The van der Waals surface area contributed by atoms with Crippen molar-refractivity contribution >= 4 is 46.8 Å². The van der Waals surface area contributed by atoms with E-state index in [-0.39, 0.29) is 42.0 Å². The van der Waals surface area contributed by atoms with Crippen LogP contribution in [0, 0.1) is 0 Å². The van der Waals surface area contributed by atoms with Crippen molar-refractivity contribution in [2.75, 3.05) is 117 Å². The van der Waals surface area contributed by atoms with Gasteiger partial charge in [0.15, 0.2) is 0 Å². The number of halogens is 1. The lowest BCUT2D eigenvalue weighted by Crippen LogP contribution is -2.54. The van der Waals surface area contributed by atoms with Crippen LogP contribution in [0.1, 0.15) is 84.9 Å². The van der Waals surface area contributed by atoms with Gasteiger partial charge in [0.2, 0.25) is 17.7 Å². The third-order valence-electron chi connectivity index (χ3n) is 8.71. The van der Waals surface area contributed by atoms with Crippen molar-refractivity contribution in [3.63, 3.8) is 0 Å². The lowest BCUT2D eigenvalue weighted by Gasteiger charge is -2.27. The molecule has 17 heteroatoms. The van der Waals surface area contributed by atoms with Gasteiger partial charge in [0.05, 0.1) is 109 Å². The molecule has 0 radical (unpaired) electrons. The molecule has 2 aliphatic heterocycles. The minimum atomic E-state index is -1.07. The molecule has 0 saturated carbocycles. The summed E-state index contributed by atoms with van der Waals surface area (Å²) in [5.41, 5.74) is 0.389. The summed E-state index contributed by atoms with van der Waals surface area (Å²) in [6.45, 7) is 8.25. The Hall–Kier alpha value is -3.06. The molecule has 2 aliphatic rings. The van der Waals surface area contributed by atoms with Crippen molar-refractivity contribution in [3.8, 4) is 0 Å². The van der Waals surface area contributed by atoms with Gasteiger partial charge < -0.3 is 43.2 Å². The zero-order chi connectivity index (χ0) is 40.1. The molecule has 0 bridgehead atoms. The summed E-state index contributed by atoms with van der Waals surface area (Å²) in [6.07, 6.45) is 6.91. The Balaban J connectivity index is 1.03. The molecule has 0 aliphatic carbocycles. The van der Waals surface area contributed by atoms with Crippen molar-refractivity contribution in [2.24, 2.45) is 0 Å². The van der Waals surface area contributed by atoms with Crippen LogP contribution in [0.2, 0.25) is 0 Å². The molecule has 5 amide bonds. The maximum absolute atomic E-state index is 13.2. The zero-order valence-electron chi connectivity index (χ0n) is 32.5. The molecule has 1 aromatic carbocycles. The molecule has 1 saturated heterocycles. The van der Waals surface area contributed by atoms with Crippen LogP contribution >= 0.6 is 11.6 Å². The summed E-state index contributed by atoms with van der Waals surface area (Å²) in [6, 6.07) is 3.54. The maximum Gasteiger partial charge on any atom is 0.264 e. The number of alkyl halides is 1. The maximum atomic E-state index is 13.2. The van der Waals surface area contributed by atoms with Crippen LogP contribution in [0.25, 0.3) is 0 Å². The van der Waals surface area contributed by atoms with Gasteiger partial charge in [-0.1, -0.05) is 25.3 Å². The number of amides is 5. The van der Waals surface area contributed by atoms with E-state index < -0.39 is 29.7 Å². The normalized spacial score (nSPS) is 15.4. The fourth-order valence-electron chi connectivity index (χ4n) is 5.79. The first-order chi connectivity index (χ1) is 27.4. The predicted molar refractivity (Wildman–Crippen MR) is 206 cm³/mol. The number of nitrogens with one attached hydrogen (secondary N) is 2. The van der Waals surface area contributed by atoms with Crippen LogP contribution < -0.4 is 10.6 Å². The SMILES string of the molecule is O=C1CCC(N2C(=O)c3cccc(NC(=O)CCCCCOCCOCCOCCOCCOCCOCCOCCOCCCCCCCl)c3C2=O)C(=O)N1. The molecule has 0 aromatic heterocycles. The second-order valence-corrected chi connectivity index (χ2v) is 13.4. The first-order valence-electron chi connectivity index (χ1n) is 19.8. The number of unbranched alkanes of at least 4 members (excludes halogenated alkanes) is 5. The average molecular weight is 814 g/mol. The quantitative estimate of drug-likeness (QED) is 0.0577. The largest absolute Gasteiger partial charge is 0.379 e. The Bertz CT molecular complexity index is 1320. The second-order valence-electron chi connectivity index (χ2n) is 13.0. The van der Waals surface area contributed by atoms with E-state index in [0.717, 1.165) is 55.9 Å². The third kappa shape index (κ3) is 18.9. The van der Waals surface area contributed by atoms with Crippen molar-refractivity contribution in [3.05, 3.63) is 29.3 Å². The van der Waals surface area contributed by atoms with Gasteiger partial charge in [0, 0.05) is 31.9 Å². The molecule has 0 spiro atoms. The van der Waals surface area contributed by atoms with Gasteiger partial charge in [0.25, 0.3) is 11.8 Å². The molecule has 1 aromatic rings. The Morgan fingerprint density at radius 1 is 0.625 bits per heavy atom. The highest BCUT2D eigenvalue weighted by Gasteiger charge is 2.45. The summed E-state index contributed by atoms with van der Waals surface area (Å²) in [4.78, 5) is 63.5. The minimum Gasteiger partial charge on any atom is -0.379 e. The van der Waals surface area contributed by atoms with E-state index in [0.29, 0.717) is 106 Å². The van der Waals surface area contributed by atoms with Crippen LogP contribution in [-0.4, -0.2) is 152 Å². The third-order valence-corrected chi connectivity index (χ3v) is 8.98. The molecule has 2 N–H and O–H groups in total. The van der Waals surface area contributed by atoms with Crippen LogP contribution in [0.3, 0.4) is 0 Å². The van der Waals surface area contributed by atoms with Gasteiger partial charge in [-0.15, -0.1) is 11.6 Å². The van der Waals surface area contributed by atoms with E-state index >= 15 is 0 Å². The molecule has 1 unspecified atom stereocenters. The first-order valence-corrected chi connectivity index (χ1v) is 20.3. The molecular formula is C39H60ClN3O13. The number of fused-ring (bicyclic) bond motifs is 1. The molecule has 2 heterocycles. The van der Waals surface area contributed by atoms with Gasteiger partial charge >= 0.3 is 0 Å². The van der Waals surface area contributed by atoms with Crippen LogP contribution in [0.4, 0.5) is 5.69 Å². The van der Waals surface area contributed by atoms with Crippen LogP contribution in [0.15, 0.2) is 18.2 Å². The van der Waals surface area contributed by atoms with E-state index in [9.17, 15) is 24.0 Å². The van der Waals surface area contributed by atoms with Crippen molar-refractivity contribution in [1.82, 2.24) is 10.2 Å². The van der Waals surface area contributed by atoms with Crippen LogP contribution in [0.5, 0.6) is 0 Å². The number of piperidine rings is 1. The summed E-state index contributed by atoms with van der Waals surface area (Å²) in [5, 5.41) is 4.91. The topological polar surface area (TPSA) is 186 Å². The van der Waals surface area contributed by atoms with Gasteiger partial charge in [-0.25, -0.2) is 0 Å². The van der Waals surface area contributed by atoms with E-state index in [1.807, 2.05) is 0 Å². The van der Waals surface area contributed by atoms with E-state index in [1.165, 1.54) is 6.07 Å². The Morgan fingerprint density at radius 2 is 1.09 bits per heavy atom. The fourth-order valence-corrected chi connectivity index (χ4v) is 5.98. The highest BCUT2D eigenvalue weighted by Crippen LogP contribution is 2.32. The summed E-state index contributed by atoms with van der Waals surface area (Å²) >= 11 is 5.66. The minimum absolute atomic E-state index is 0.0301. The molecule has 3 rings (SSSR count). The molecule has 1 atom stereocenters. The smallest absolute Gasteiger partial charge is 0.264 e. The molecule has 1 fully saturated rings. The van der Waals surface area contributed by atoms with E-state index in [4.69, 9.17) is 49.5 Å².